The minimum atomic E-state index is 0.685. The van der Waals surface area contributed by atoms with Crippen LogP contribution in [0.4, 0.5) is 11.4 Å². The van der Waals surface area contributed by atoms with Crippen LogP contribution in [-0.2, 0) is 0 Å². The highest BCUT2D eigenvalue weighted by molar-refractivity contribution is 7.13. The van der Waals surface area contributed by atoms with Gasteiger partial charge in [-0.3, -0.25) is 4.98 Å². The van der Waals surface area contributed by atoms with E-state index in [0.717, 1.165) is 21.8 Å². The summed E-state index contributed by atoms with van der Waals surface area (Å²) in [5.74, 6) is 0. The summed E-state index contributed by atoms with van der Waals surface area (Å²) >= 11 is 1.55. The van der Waals surface area contributed by atoms with E-state index in [9.17, 15) is 0 Å². The van der Waals surface area contributed by atoms with Gasteiger partial charge in [-0.25, -0.2) is 4.98 Å². The molecule has 0 aliphatic heterocycles. The van der Waals surface area contributed by atoms with Gasteiger partial charge in [-0.1, -0.05) is 0 Å². The van der Waals surface area contributed by atoms with Gasteiger partial charge in [0.2, 0.25) is 0 Å². The van der Waals surface area contributed by atoms with Gasteiger partial charge in [0.05, 0.1) is 5.69 Å². The molecule has 0 aliphatic rings. The minimum absolute atomic E-state index is 0.685. The number of hydrogen-bond donors (Lipinski definition) is 2. The normalized spacial score (nSPS) is 10.5. The van der Waals surface area contributed by atoms with Gasteiger partial charge in [0, 0.05) is 40.3 Å². The van der Waals surface area contributed by atoms with Gasteiger partial charge in [0.1, 0.15) is 5.01 Å². The van der Waals surface area contributed by atoms with Crippen molar-refractivity contribution in [3.63, 3.8) is 0 Å². The maximum Gasteiger partial charge on any atom is 0.126 e. The Bertz CT molecular complexity index is 706. The van der Waals surface area contributed by atoms with Crippen LogP contribution in [-0.4, -0.2) is 9.97 Å². The molecular weight excluding hydrogens is 256 g/mol. The standard InChI is InChI=1S/C14H12N4S/c15-10-1-2-12(16)11(7-10)14-18-13(8-19-14)9-3-5-17-6-4-9/h1-8H,15-16H2. The fourth-order valence-electron chi connectivity index (χ4n) is 1.81. The molecule has 0 atom stereocenters. The number of nitrogen functional groups attached to an aromatic ring is 2. The van der Waals surface area contributed by atoms with Gasteiger partial charge in [-0.2, -0.15) is 0 Å². The third-order valence-corrected chi connectivity index (χ3v) is 3.66. The number of thiazole rings is 1. The van der Waals surface area contributed by atoms with Crippen molar-refractivity contribution in [1.82, 2.24) is 9.97 Å². The van der Waals surface area contributed by atoms with Crippen molar-refractivity contribution in [1.29, 1.82) is 0 Å². The lowest BCUT2D eigenvalue weighted by Crippen LogP contribution is -1.92. The summed E-state index contributed by atoms with van der Waals surface area (Å²) < 4.78 is 0. The highest BCUT2D eigenvalue weighted by atomic mass is 32.1. The van der Waals surface area contributed by atoms with E-state index in [1.54, 1.807) is 35.9 Å². The number of hydrogen-bond acceptors (Lipinski definition) is 5. The van der Waals surface area contributed by atoms with Crippen LogP contribution in [0.3, 0.4) is 0 Å². The topological polar surface area (TPSA) is 77.8 Å². The van der Waals surface area contributed by atoms with Gasteiger partial charge in [0.15, 0.2) is 0 Å². The predicted octanol–water partition coefficient (Wildman–Crippen LogP) is 3.04. The van der Waals surface area contributed by atoms with Crippen LogP contribution in [0.15, 0.2) is 48.1 Å². The summed E-state index contributed by atoms with van der Waals surface area (Å²) in [6.07, 6.45) is 3.51. The SMILES string of the molecule is Nc1ccc(N)c(-c2nc(-c3ccncc3)cs2)c1. The summed E-state index contributed by atoms with van der Waals surface area (Å²) in [6, 6.07) is 9.31. The molecule has 19 heavy (non-hydrogen) atoms. The number of pyridine rings is 1. The van der Waals surface area contributed by atoms with Crippen LogP contribution >= 0.6 is 11.3 Å². The van der Waals surface area contributed by atoms with Crippen molar-refractivity contribution in [2.45, 2.75) is 0 Å². The highest BCUT2D eigenvalue weighted by Crippen LogP contribution is 2.33. The van der Waals surface area contributed by atoms with E-state index in [2.05, 4.69) is 9.97 Å². The van der Waals surface area contributed by atoms with Gasteiger partial charge in [-0.05, 0) is 30.3 Å². The number of benzene rings is 1. The van der Waals surface area contributed by atoms with Crippen LogP contribution in [0.2, 0.25) is 0 Å². The molecule has 5 heteroatoms. The second-order valence-corrected chi connectivity index (χ2v) is 4.98. The molecule has 4 N–H and O–H groups in total. The largest absolute Gasteiger partial charge is 0.399 e. The first-order chi connectivity index (χ1) is 9.24. The van der Waals surface area contributed by atoms with Crippen molar-refractivity contribution in [3.8, 4) is 21.8 Å². The average molecular weight is 268 g/mol. The molecule has 0 aliphatic carbocycles. The molecule has 3 aromatic rings. The Balaban J connectivity index is 2.04. The number of anilines is 2. The number of aromatic nitrogens is 2. The molecule has 0 bridgehead atoms. The van der Waals surface area contributed by atoms with E-state index >= 15 is 0 Å². The molecule has 94 valence electrons. The fourth-order valence-corrected chi connectivity index (χ4v) is 2.68. The van der Waals surface area contributed by atoms with Crippen LogP contribution < -0.4 is 11.5 Å². The molecule has 2 heterocycles. The zero-order valence-corrected chi connectivity index (χ0v) is 10.9. The van der Waals surface area contributed by atoms with Crippen LogP contribution in [0.5, 0.6) is 0 Å². The van der Waals surface area contributed by atoms with Gasteiger partial charge in [0.25, 0.3) is 0 Å². The number of rotatable bonds is 2. The Hall–Kier alpha value is -2.40. The summed E-state index contributed by atoms with van der Waals surface area (Å²) in [5, 5.41) is 2.88. The molecule has 1 aromatic carbocycles. The third kappa shape index (κ3) is 2.28. The van der Waals surface area contributed by atoms with Crippen molar-refractivity contribution < 1.29 is 0 Å². The minimum Gasteiger partial charge on any atom is -0.399 e. The van der Waals surface area contributed by atoms with E-state index in [0.29, 0.717) is 11.4 Å². The second kappa shape index (κ2) is 4.70. The van der Waals surface area contributed by atoms with Crippen LogP contribution in [0, 0.1) is 0 Å². The Labute approximate surface area is 114 Å². The first kappa shape index (κ1) is 11.7. The molecule has 2 aromatic heterocycles. The van der Waals surface area contributed by atoms with Crippen molar-refractivity contribution in [2.24, 2.45) is 0 Å². The Morgan fingerprint density at radius 3 is 2.58 bits per heavy atom. The predicted molar refractivity (Wildman–Crippen MR) is 79.6 cm³/mol. The Morgan fingerprint density at radius 2 is 1.79 bits per heavy atom. The van der Waals surface area contributed by atoms with E-state index < -0.39 is 0 Å². The molecule has 0 saturated carbocycles. The smallest absolute Gasteiger partial charge is 0.126 e. The molecule has 0 unspecified atom stereocenters. The summed E-state index contributed by atoms with van der Waals surface area (Å²) in [6.45, 7) is 0. The molecule has 0 saturated heterocycles. The van der Waals surface area contributed by atoms with Crippen molar-refractivity contribution in [2.75, 3.05) is 11.5 Å². The highest BCUT2D eigenvalue weighted by Gasteiger charge is 2.09. The van der Waals surface area contributed by atoms with E-state index in [4.69, 9.17) is 11.5 Å². The van der Waals surface area contributed by atoms with Crippen LogP contribution in [0.25, 0.3) is 21.8 Å². The van der Waals surface area contributed by atoms with Gasteiger partial charge in [-0.15, -0.1) is 11.3 Å². The molecule has 3 rings (SSSR count). The Kier molecular flexibility index (Phi) is 2.89. The summed E-state index contributed by atoms with van der Waals surface area (Å²) in [7, 11) is 0. The first-order valence-corrected chi connectivity index (χ1v) is 6.63. The molecule has 0 spiro atoms. The Morgan fingerprint density at radius 1 is 1.00 bits per heavy atom. The zero-order chi connectivity index (χ0) is 13.2. The average Bonchev–Trinajstić information content (AvgIpc) is 2.92. The zero-order valence-electron chi connectivity index (χ0n) is 10.1. The molecule has 4 nitrogen and oxygen atoms in total. The van der Waals surface area contributed by atoms with Gasteiger partial charge >= 0.3 is 0 Å². The lowest BCUT2D eigenvalue weighted by Gasteiger charge is -2.03. The van der Waals surface area contributed by atoms with Crippen molar-refractivity contribution in [3.05, 3.63) is 48.1 Å². The maximum atomic E-state index is 5.97. The third-order valence-electron chi connectivity index (χ3n) is 2.79. The number of nitrogens with zero attached hydrogens (tertiary/aromatic N) is 2. The van der Waals surface area contributed by atoms with Crippen molar-refractivity contribution >= 4 is 22.7 Å². The van der Waals surface area contributed by atoms with Gasteiger partial charge < -0.3 is 11.5 Å². The van der Waals surface area contributed by atoms with E-state index in [1.165, 1.54) is 0 Å². The quantitative estimate of drug-likeness (QED) is 0.700. The molecular formula is C14H12N4S. The second-order valence-electron chi connectivity index (χ2n) is 4.12. The first-order valence-electron chi connectivity index (χ1n) is 5.75. The van der Waals surface area contributed by atoms with Crippen LogP contribution in [0.1, 0.15) is 0 Å². The van der Waals surface area contributed by atoms with E-state index in [1.807, 2.05) is 23.6 Å². The summed E-state index contributed by atoms with van der Waals surface area (Å²) in [4.78, 5) is 8.61. The maximum absolute atomic E-state index is 5.97. The number of nitrogens with two attached hydrogens (primary N) is 2. The monoisotopic (exact) mass is 268 g/mol. The lowest BCUT2D eigenvalue weighted by atomic mass is 10.1. The lowest BCUT2D eigenvalue weighted by molar-refractivity contribution is 1.31. The van der Waals surface area contributed by atoms with E-state index in [-0.39, 0.29) is 0 Å². The molecule has 0 radical (unpaired) electrons. The fraction of sp³-hybridized carbons (Fsp3) is 0. The molecule has 0 fully saturated rings. The summed E-state index contributed by atoms with van der Waals surface area (Å²) in [5.41, 5.74) is 16.0. The molecule has 0 amide bonds.